The standard InChI is InChI=1S/C38H53N9O13/c1-5-19(2)32(41-18-23-8-6-7-9-24(23)39)38(58)45-26(12-15-31(51)52)36(56)43-20(3)34(54)42-21(4)35(55)46-27(16-22-10-13-29(48)28(17-22)47(59)60)37(57)44-25(33(40)53)11-14-30(49)50/h6-10,13,17,19-21,25-27,32,41,48H,5,11-12,14-16,18,39H2,1-4H3,(H2,40,53)(H,42,54)(H,43,56)(H,44,57)(H,45,58)(H,46,55)(H,49,50)(H,51,52)/t19-,20-,21-,25-,26-,27-,32-/m0/s1. The summed E-state index contributed by atoms with van der Waals surface area (Å²) in [7, 11) is 0. The Hall–Kier alpha value is -6.84. The Labute approximate surface area is 344 Å². The highest BCUT2D eigenvalue weighted by Gasteiger charge is 2.32. The highest BCUT2D eigenvalue weighted by molar-refractivity contribution is 5.96. The van der Waals surface area contributed by atoms with E-state index in [1.165, 1.54) is 19.9 Å². The largest absolute Gasteiger partial charge is 0.502 e. The fourth-order valence-electron chi connectivity index (χ4n) is 5.69. The van der Waals surface area contributed by atoms with E-state index < -0.39 is 126 Å². The van der Waals surface area contributed by atoms with E-state index in [-0.39, 0.29) is 24.4 Å². The average Bonchev–Trinajstić information content (AvgIpc) is 3.18. The SMILES string of the molecule is CC[C@H](C)[C@H](NCc1ccccc1N)C(=O)N[C@@H](CCC(=O)O)C(=O)N[C@@H](C)C(=O)N[C@@H](C)C(=O)N[C@@H](Cc1ccc(O)c([N+](=O)[O-])c1)C(=O)N[C@@H](CCC(=O)O)C(N)=O. The number of para-hydroxylation sites is 1. The number of hydrogen-bond donors (Lipinski definition) is 11. The van der Waals surface area contributed by atoms with Gasteiger partial charge in [0.2, 0.25) is 35.4 Å². The Morgan fingerprint density at radius 3 is 1.80 bits per heavy atom. The number of aromatic hydroxyl groups is 1. The fraction of sp³-hybridized carbons (Fsp3) is 0.474. The van der Waals surface area contributed by atoms with Gasteiger partial charge in [-0.25, -0.2) is 0 Å². The summed E-state index contributed by atoms with van der Waals surface area (Å²) in [5.74, 6) is -8.97. The lowest BCUT2D eigenvalue weighted by Crippen LogP contribution is -2.59. The zero-order valence-corrected chi connectivity index (χ0v) is 33.6. The fourth-order valence-corrected chi connectivity index (χ4v) is 5.69. The van der Waals surface area contributed by atoms with E-state index in [9.17, 15) is 58.7 Å². The van der Waals surface area contributed by atoms with Crippen LogP contribution >= 0.6 is 0 Å². The van der Waals surface area contributed by atoms with Gasteiger partial charge in [-0.3, -0.25) is 48.5 Å². The third kappa shape index (κ3) is 15.8. The summed E-state index contributed by atoms with van der Waals surface area (Å²) in [4.78, 5) is 112. The lowest BCUT2D eigenvalue weighted by molar-refractivity contribution is -0.385. The molecular weight excluding hydrogens is 790 g/mol. The number of nitro benzene ring substituents is 1. The van der Waals surface area contributed by atoms with Crippen LogP contribution in [0, 0.1) is 16.0 Å². The molecule has 2 aromatic rings. The number of nitrogens with one attached hydrogen (secondary N) is 6. The molecule has 2 aromatic carbocycles. The molecular formula is C38H53N9O13. The topological polar surface area (TPSA) is 365 Å². The molecule has 2 rings (SSSR count). The number of aliphatic carboxylic acids is 2. The van der Waals surface area contributed by atoms with Crippen LogP contribution in [0.1, 0.15) is 70.9 Å². The Kier molecular flexibility index (Phi) is 19.3. The van der Waals surface area contributed by atoms with Crippen LogP contribution in [0.3, 0.4) is 0 Å². The van der Waals surface area contributed by atoms with Crippen molar-refractivity contribution in [2.75, 3.05) is 5.73 Å². The number of anilines is 1. The molecule has 7 atom stereocenters. The number of carboxylic acids is 2. The number of carbonyl (C=O) groups excluding carboxylic acids is 6. The molecule has 0 radical (unpaired) electrons. The number of carbonyl (C=O) groups is 8. The number of carboxylic acid groups (broad SMARTS) is 2. The zero-order chi connectivity index (χ0) is 45.3. The number of primary amides is 1. The van der Waals surface area contributed by atoms with Gasteiger partial charge in [0, 0.05) is 37.6 Å². The molecule has 60 heavy (non-hydrogen) atoms. The second-order valence-corrected chi connectivity index (χ2v) is 14.1. The zero-order valence-electron chi connectivity index (χ0n) is 33.6. The van der Waals surface area contributed by atoms with Crippen molar-refractivity contribution in [1.29, 1.82) is 0 Å². The maximum absolute atomic E-state index is 13.5. The number of nitrogens with two attached hydrogens (primary N) is 2. The van der Waals surface area contributed by atoms with Crippen LogP contribution in [0.25, 0.3) is 0 Å². The Bertz CT molecular complexity index is 1910. The van der Waals surface area contributed by atoms with Crippen molar-refractivity contribution >= 4 is 58.8 Å². The van der Waals surface area contributed by atoms with Crippen molar-refractivity contribution in [3.05, 3.63) is 63.7 Å². The number of amides is 6. The first-order chi connectivity index (χ1) is 28.1. The number of phenols is 1. The Morgan fingerprint density at radius 1 is 0.733 bits per heavy atom. The lowest BCUT2D eigenvalue weighted by Gasteiger charge is -2.27. The minimum Gasteiger partial charge on any atom is -0.502 e. The lowest BCUT2D eigenvalue weighted by atomic mass is 9.97. The summed E-state index contributed by atoms with van der Waals surface area (Å²) >= 11 is 0. The monoisotopic (exact) mass is 843 g/mol. The van der Waals surface area contributed by atoms with Gasteiger partial charge in [0.15, 0.2) is 5.75 Å². The molecule has 22 heteroatoms. The molecule has 6 amide bonds. The van der Waals surface area contributed by atoms with Gasteiger partial charge in [0.25, 0.3) is 0 Å². The van der Waals surface area contributed by atoms with Gasteiger partial charge >= 0.3 is 17.6 Å². The van der Waals surface area contributed by atoms with Crippen LogP contribution in [0.2, 0.25) is 0 Å². The van der Waals surface area contributed by atoms with E-state index in [4.69, 9.17) is 16.6 Å². The smallest absolute Gasteiger partial charge is 0.310 e. The first-order valence-corrected chi connectivity index (χ1v) is 18.9. The maximum atomic E-state index is 13.5. The van der Waals surface area contributed by atoms with E-state index in [1.54, 1.807) is 24.3 Å². The third-order valence-corrected chi connectivity index (χ3v) is 9.46. The minimum atomic E-state index is -1.60. The van der Waals surface area contributed by atoms with Gasteiger partial charge in [0.1, 0.15) is 30.2 Å². The predicted octanol–water partition coefficient (Wildman–Crippen LogP) is -0.692. The second kappa shape index (κ2) is 23.5. The summed E-state index contributed by atoms with van der Waals surface area (Å²) in [5.41, 5.74) is 12.0. The van der Waals surface area contributed by atoms with Crippen LogP contribution in [-0.4, -0.2) is 104 Å². The van der Waals surface area contributed by atoms with Gasteiger partial charge < -0.3 is 58.7 Å². The normalized spacial score (nSPS) is 14.4. The third-order valence-electron chi connectivity index (χ3n) is 9.46. The van der Waals surface area contributed by atoms with Crippen molar-refractivity contribution in [1.82, 2.24) is 31.9 Å². The van der Waals surface area contributed by atoms with Crippen molar-refractivity contribution in [2.45, 2.75) is 109 Å². The second-order valence-electron chi connectivity index (χ2n) is 14.1. The summed E-state index contributed by atoms with van der Waals surface area (Å²) < 4.78 is 0. The minimum absolute atomic E-state index is 0.0748. The van der Waals surface area contributed by atoms with Crippen LogP contribution < -0.4 is 43.4 Å². The number of nitro groups is 1. The highest BCUT2D eigenvalue weighted by Crippen LogP contribution is 2.27. The average molecular weight is 844 g/mol. The predicted molar refractivity (Wildman–Crippen MR) is 213 cm³/mol. The van der Waals surface area contributed by atoms with Gasteiger partial charge in [0.05, 0.1) is 11.0 Å². The summed E-state index contributed by atoms with van der Waals surface area (Å²) in [5, 5.41) is 54.8. The molecule has 0 aromatic heterocycles. The first kappa shape index (κ1) is 49.3. The van der Waals surface area contributed by atoms with Crippen molar-refractivity contribution < 1.29 is 58.6 Å². The van der Waals surface area contributed by atoms with Crippen LogP contribution in [0.4, 0.5) is 11.4 Å². The number of rotatable bonds is 25. The molecule has 22 nitrogen and oxygen atoms in total. The Balaban J connectivity index is 2.21. The molecule has 0 heterocycles. The number of phenolic OH excluding ortho intramolecular Hbond substituents is 1. The van der Waals surface area contributed by atoms with Crippen molar-refractivity contribution in [3.63, 3.8) is 0 Å². The molecule has 0 fully saturated rings. The summed E-state index contributed by atoms with van der Waals surface area (Å²) in [6, 6.07) is 2.12. The maximum Gasteiger partial charge on any atom is 0.310 e. The van der Waals surface area contributed by atoms with Crippen molar-refractivity contribution in [3.8, 4) is 5.75 Å². The van der Waals surface area contributed by atoms with Gasteiger partial charge in [-0.05, 0) is 55.9 Å². The molecule has 0 saturated carbocycles. The Morgan fingerprint density at radius 2 is 1.25 bits per heavy atom. The van der Waals surface area contributed by atoms with E-state index >= 15 is 0 Å². The van der Waals surface area contributed by atoms with Crippen LogP contribution in [0.5, 0.6) is 5.75 Å². The molecule has 0 saturated heterocycles. The molecule has 0 spiro atoms. The molecule has 0 aliphatic heterocycles. The molecule has 328 valence electrons. The first-order valence-electron chi connectivity index (χ1n) is 18.9. The quantitative estimate of drug-likeness (QED) is 0.0335. The highest BCUT2D eigenvalue weighted by atomic mass is 16.6. The van der Waals surface area contributed by atoms with E-state index in [2.05, 4.69) is 31.9 Å². The molecule has 0 aliphatic rings. The summed E-state index contributed by atoms with van der Waals surface area (Å²) in [6.45, 7) is 6.38. The van der Waals surface area contributed by atoms with E-state index in [0.717, 1.165) is 17.7 Å². The van der Waals surface area contributed by atoms with Gasteiger partial charge in [-0.2, -0.15) is 0 Å². The molecule has 13 N–H and O–H groups in total. The van der Waals surface area contributed by atoms with Crippen molar-refractivity contribution in [2.24, 2.45) is 11.7 Å². The van der Waals surface area contributed by atoms with Crippen LogP contribution in [-0.2, 0) is 51.3 Å². The number of hydrogen-bond acceptors (Lipinski definition) is 13. The van der Waals surface area contributed by atoms with Gasteiger partial charge in [-0.15, -0.1) is 0 Å². The summed E-state index contributed by atoms with van der Waals surface area (Å²) in [6.07, 6.45) is -1.69. The molecule has 0 unspecified atom stereocenters. The van der Waals surface area contributed by atoms with E-state index in [0.29, 0.717) is 12.1 Å². The number of nitrogens with zero attached hydrogens (tertiary/aromatic N) is 1. The van der Waals surface area contributed by atoms with E-state index in [1.807, 2.05) is 13.8 Å². The van der Waals surface area contributed by atoms with Crippen LogP contribution in [0.15, 0.2) is 42.5 Å². The molecule has 0 bridgehead atoms. The van der Waals surface area contributed by atoms with Gasteiger partial charge in [-0.1, -0.05) is 44.5 Å². The number of benzene rings is 2. The number of nitrogen functional groups attached to an aromatic ring is 1. The molecule has 0 aliphatic carbocycles.